The molecule has 0 spiro atoms. The fraction of sp³-hybridized carbons (Fsp3) is 0.435. The van der Waals surface area contributed by atoms with Gasteiger partial charge in [-0.2, -0.15) is 5.26 Å². The summed E-state index contributed by atoms with van der Waals surface area (Å²) in [5.41, 5.74) is 2.75. The molecule has 5 rings (SSSR count). The zero-order valence-electron chi connectivity index (χ0n) is 17.8. The van der Waals surface area contributed by atoms with Gasteiger partial charge in [0.25, 0.3) is 0 Å². The number of nitrogens with one attached hydrogen (secondary N) is 1. The van der Waals surface area contributed by atoms with E-state index in [9.17, 15) is 0 Å². The van der Waals surface area contributed by atoms with E-state index in [0.717, 1.165) is 74.5 Å². The number of hydrogen-bond acceptors (Lipinski definition) is 9. The third kappa shape index (κ3) is 4.55. The van der Waals surface area contributed by atoms with Gasteiger partial charge in [0.05, 0.1) is 24.8 Å². The van der Waals surface area contributed by atoms with Crippen molar-refractivity contribution in [2.45, 2.75) is 37.8 Å². The highest BCUT2D eigenvalue weighted by Crippen LogP contribution is 2.33. The minimum atomic E-state index is 0.123. The van der Waals surface area contributed by atoms with E-state index < -0.39 is 0 Å². The molecule has 2 fully saturated rings. The van der Waals surface area contributed by atoms with E-state index >= 15 is 0 Å². The second-order valence-electron chi connectivity index (χ2n) is 8.08. The predicted molar refractivity (Wildman–Crippen MR) is 120 cm³/mol. The maximum absolute atomic E-state index is 8.98. The number of aromatic nitrogens is 4. The molecule has 1 aliphatic heterocycles. The fourth-order valence-electron chi connectivity index (χ4n) is 4.33. The molecule has 1 saturated heterocycles. The zero-order valence-corrected chi connectivity index (χ0v) is 17.8. The Morgan fingerprint density at radius 3 is 2.66 bits per heavy atom. The van der Waals surface area contributed by atoms with Crippen LogP contribution in [0.1, 0.15) is 31.5 Å². The Morgan fingerprint density at radius 1 is 1.03 bits per heavy atom. The standard InChI is InChI=1S/C23H25N7O2/c24-15-22-26-6-5-21(29-22)28-16-1-3-18(4-2-16)32-20-14-17(30-9-11-31-12-10-30)13-19-23(20)27-8-7-25-19/h5-8,13-14,16,18H,1-4,9-12H2,(H,26,28,29)/t16-,18+. The lowest BCUT2D eigenvalue weighted by Gasteiger charge is -2.31. The molecule has 0 unspecified atom stereocenters. The average Bonchev–Trinajstić information content (AvgIpc) is 2.86. The Morgan fingerprint density at radius 2 is 1.84 bits per heavy atom. The van der Waals surface area contributed by atoms with Crippen molar-refractivity contribution in [3.05, 3.63) is 42.6 Å². The van der Waals surface area contributed by atoms with Gasteiger partial charge in [-0.25, -0.2) is 15.0 Å². The first kappa shape index (κ1) is 20.4. The lowest BCUT2D eigenvalue weighted by Crippen LogP contribution is -2.36. The number of benzene rings is 1. The lowest BCUT2D eigenvalue weighted by atomic mass is 9.93. The molecular formula is C23H25N7O2. The van der Waals surface area contributed by atoms with Crippen LogP contribution in [0.3, 0.4) is 0 Å². The van der Waals surface area contributed by atoms with Crippen molar-refractivity contribution in [3.63, 3.8) is 0 Å². The molecule has 9 heteroatoms. The molecule has 9 nitrogen and oxygen atoms in total. The van der Waals surface area contributed by atoms with Gasteiger partial charge in [-0.3, -0.25) is 4.98 Å². The summed E-state index contributed by atoms with van der Waals surface area (Å²) in [6, 6.07) is 8.25. The van der Waals surface area contributed by atoms with Crippen LogP contribution in [0.4, 0.5) is 11.5 Å². The van der Waals surface area contributed by atoms with Crippen LogP contribution in [-0.4, -0.2) is 58.4 Å². The average molecular weight is 432 g/mol. The van der Waals surface area contributed by atoms with Gasteiger partial charge in [0, 0.05) is 49.5 Å². The third-order valence-electron chi connectivity index (χ3n) is 5.98. The summed E-state index contributed by atoms with van der Waals surface area (Å²) in [7, 11) is 0. The zero-order chi connectivity index (χ0) is 21.8. The van der Waals surface area contributed by atoms with E-state index in [1.807, 2.05) is 6.07 Å². The Hall–Kier alpha value is -3.51. The van der Waals surface area contributed by atoms with E-state index in [-0.39, 0.29) is 11.9 Å². The first-order chi connectivity index (χ1) is 15.8. The van der Waals surface area contributed by atoms with Gasteiger partial charge in [0.2, 0.25) is 5.82 Å². The van der Waals surface area contributed by atoms with Crippen LogP contribution < -0.4 is 15.0 Å². The normalized spacial score (nSPS) is 21.2. The van der Waals surface area contributed by atoms with Crippen LogP contribution >= 0.6 is 0 Å². The second kappa shape index (κ2) is 9.32. The molecule has 32 heavy (non-hydrogen) atoms. The Bertz CT molecular complexity index is 1120. The number of morpholine rings is 1. The van der Waals surface area contributed by atoms with E-state index in [4.69, 9.17) is 14.7 Å². The smallest absolute Gasteiger partial charge is 0.234 e. The van der Waals surface area contributed by atoms with Crippen LogP contribution in [0, 0.1) is 11.3 Å². The quantitative estimate of drug-likeness (QED) is 0.652. The van der Waals surface area contributed by atoms with Crippen molar-refractivity contribution in [2.75, 3.05) is 36.5 Å². The molecule has 0 amide bonds. The van der Waals surface area contributed by atoms with Gasteiger partial charge in [-0.15, -0.1) is 0 Å². The third-order valence-corrected chi connectivity index (χ3v) is 5.98. The lowest BCUT2D eigenvalue weighted by molar-refractivity contribution is 0.122. The number of rotatable bonds is 5. The van der Waals surface area contributed by atoms with Gasteiger partial charge in [-0.1, -0.05) is 0 Å². The Labute approximate surface area is 186 Å². The van der Waals surface area contributed by atoms with Crippen LogP contribution in [0.15, 0.2) is 36.8 Å². The number of nitriles is 1. The van der Waals surface area contributed by atoms with E-state index in [1.165, 1.54) is 0 Å². The van der Waals surface area contributed by atoms with Crippen molar-refractivity contribution in [1.82, 2.24) is 19.9 Å². The number of nitrogens with zero attached hydrogens (tertiary/aromatic N) is 6. The monoisotopic (exact) mass is 431 g/mol. The highest BCUT2D eigenvalue weighted by atomic mass is 16.5. The van der Waals surface area contributed by atoms with E-state index in [2.05, 4.69) is 42.3 Å². The molecular weight excluding hydrogens is 406 g/mol. The number of hydrogen-bond donors (Lipinski definition) is 1. The van der Waals surface area contributed by atoms with Crippen molar-refractivity contribution in [3.8, 4) is 11.8 Å². The Balaban J connectivity index is 1.27. The molecule has 1 aliphatic carbocycles. The molecule has 0 bridgehead atoms. The number of ether oxygens (including phenoxy) is 2. The molecule has 1 aromatic carbocycles. The fourth-order valence-corrected chi connectivity index (χ4v) is 4.33. The summed E-state index contributed by atoms with van der Waals surface area (Å²) < 4.78 is 12.0. The molecule has 0 radical (unpaired) electrons. The van der Waals surface area contributed by atoms with Crippen LogP contribution in [-0.2, 0) is 4.74 Å². The van der Waals surface area contributed by atoms with Crippen molar-refractivity contribution in [2.24, 2.45) is 0 Å². The Kier molecular flexibility index (Phi) is 5.94. The molecule has 2 aromatic heterocycles. The van der Waals surface area contributed by atoms with Gasteiger partial charge in [0.1, 0.15) is 23.2 Å². The van der Waals surface area contributed by atoms with E-state index in [1.54, 1.807) is 24.7 Å². The highest BCUT2D eigenvalue weighted by Gasteiger charge is 2.24. The molecule has 1 saturated carbocycles. The molecule has 3 aromatic rings. The highest BCUT2D eigenvalue weighted by molar-refractivity contribution is 5.85. The summed E-state index contributed by atoms with van der Waals surface area (Å²) in [6.07, 6.45) is 8.94. The van der Waals surface area contributed by atoms with Gasteiger partial charge < -0.3 is 19.7 Å². The van der Waals surface area contributed by atoms with Crippen LogP contribution in [0.2, 0.25) is 0 Å². The molecule has 164 valence electrons. The topological polar surface area (TPSA) is 109 Å². The second-order valence-corrected chi connectivity index (χ2v) is 8.08. The van der Waals surface area contributed by atoms with Gasteiger partial charge in [0.15, 0.2) is 0 Å². The molecule has 1 N–H and O–H groups in total. The largest absolute Gasteiger partial charge is 0.488 e. The van der Waals surface area contributed by atoms with Gasteiger partial charge >= 0.3 is 0 Å². The summed E-state index contributed by atoms with van der Waals surface area (Å²) in [4.78, 5) is 19.5. The summed E-state index contributed by atoms with van der Waals surface area (Å²) in [5.74, 6) is 1.67. The summed E-state index contributed by atoms with van der Waals surface area (Å²) in [5, 5.41) is 12.4. The maximum Gasteiger partial charge on any atom is 0.234 e. The predicted octanol–water partition coefficient (Wildman–Crippen LogP) is 2.93. The van der Waals surface area contributed by atoms with Crippen molar-refractivity contribution in [1.29, 1.82) is 5.26 Å². The first-order valence-electron chi connectivity index (χ1n) is 11.0. The minimum Gasteiger partial charge on any atom is -0.488 e. The minimum absolute atomic E-state index is 0.123. The van der Waals surface area contributed by atoms with Crippen LogP contribution in [0.25, 0.3) is 11.0 Å². The first-order valence-corrected chi connectivity index (χ1v) is 11.0. The molecule has 0 atom stereocenters. The summed E-state index contributed by atoms with van der Waals surface area (Å²) in [6.45, 7) is 3.18. The van der Waals surface area contributed by atoms with E-state index in [0.29, 0.717) is 11.9 Å². The number of fused-ring (bicyclic) bond motifs is 1. The van der Waals surface area contributed by atoms with Crippen molar-refractivity contribution < 1.29 is 9.47 Å². The SMILES string of the molecule is N#Cc1nccc(N[C@H]2CC[C@@H](Oc3cc(N4CCOCC4)cc4nccnc34)CC2)n1. The van der Waals surface area contributed by atoms with Crippen LogP contribution in [0.5, 0.6) is 5.75 Å². The van der Waals surface area contributed by atoms with Crippen molar-refractivity contribution >= 4 is 22.5 Å². The van der Waals surface area contributed by atoms with Gasteiger partial charge in [-0.05, 0) is 37.8 Å². The summed E-state index contributed by atoms with van der Waals surface area (Å²) >= 11 is 0. The molecule has 2 aliphatic rings. The number of anilines is 2. The molecule has 3 heterocycles. The maximum atomic E-state index is 8.98.